The Bertz CT molecular complexity index is 1270. The summed E-state index contributed by atoms with van der Waals surface area (Å²) in [6, 6.07) is 22.2. The molecular formula is C21H13BFN3. The molecule has 122 valence electrons. The van der Waals surface area contributed by atoms with E-state index in [-0.39, 0.29) is 0 Å². The van der Waals surface area contributed by atoms with E-state index in [1.807, 2.05) is 42.5 Å². The molecule has 0 N–H and O–H groups in total. The Labute approximate surface area is 149 Å². The van der Waals surface area contributed by atoms with Crippen LogP contribution in [0.1, 0.15) is 11.4 Å². The minimum atomic E-state index is -1.21. The summed E-state index contributed by atoms with van der Waals surface area (Å²) >= 11 is 0. The van der Waals surface area contributed by atoms with Gasteiger partial charge in [-0.05, 0) is 60.1 Å². The van der Waals surface area contributed by atoms with Crippen LogP contribution < -0.4 is 10.6 Å². The van der Waals surface area contributed by atoms with Crippen LogP contribution in [0.15, 0.2) is 84.1 Å². The number of para-hydroxylation sites is 1. The van der Waals surface area contributed by atoms with Gasteiger partial charge in [0.1, 0.15) is 0 Å². The van der Waals surface area contributed by atoms with Crippen LogP contribution in [0.5, 0.6) is 0 Å². The highest BCUT2D eigenvalue weighted by Crippen LogP contribution is 2.32. The van der Waals surface area contributed by atoms with Crippen LogP contribution in [0, 0.1) is 0 Å². The molecule has 0 fully saturated rings. The van der Waals surface area contributed by atoms with E-state index in [4.69, 9.17) is 4.99 Å². The van der Waals surface area contributed by atoms with Crippen molar-refractivity contribution in [2.24, 2.45) is 4.99 Å². The molecule has 4 heterocycles. The second-order valence-electron chi connectivity index (χ2n) is 6.65. The van der Waals surface area contributed by atoms with E-state index in [1.54, 1.807) is 21.3 Å². The van der Waals surface area contributed by atoms with Gasteiger partial charge in [-0.25, -0.2) is 4.99 Å². The number of benzene rings is 2. The Morgan fingerprint density at radius 1 is 0.769 bits per heavy atom. The highest BCUT2D eigenvalue weighted by atomic mass is 19.1. The molecule has 2 aromatic heterocycles. The smallest absolute Gasteiger partial charge is 0.342 e. The number of hydrogen-bond donors (Lipinski definition) is 0. The molecule has 0 saturated heterocycles. The molecule has 0 bridgehead atoms. The molecule has 0 spiro atoms. The van der Waals surface area contributed by atoms with Gasteiger partial charge in [0.05, 0.1) is 11.0 Å². The average molecular weight is 337 g/mol. The Morgan fingerprint density at radius 2 is 1.50 bits per heavy atom. The largest absolute Gasteiger partial charge is 0.596 e. The first-order valence-corrected chi connectivity index (χ1v) is 8.62. The highest BCUT2D eigenvalue weighted by molar-refractivity contribution is 6.49. The maximum Gasteiger partial charge on any atom is 0.596 e. The summed E-state index contributed by atoms with van der Waals surface area (Å²) in [6.45, 7) is 0. The molecular weight excluding hydrogens is 324 g/mol. The number of nitrogens with zero attached hydrogens (tertiary/aromatic N) is 3. The zero-order valence-electron chi connectivity index (χ0n) is 13.8. The summed E-state index contributed by atoms with van der Waals surface area (Å²) in [5.74, 6) is 0. The predicted octanol–water partition coefficient (Wildman–Crippen LogP) is 3.13. The van der Waals surface area contributed by atoms with Crippen molar-refractivity contribution >= 4 is 18.5 Å². The Kier molecular flexibility index (Phi) is 2.59. The van der Waals surface area contributed by atoms with E-state index < -0.39 is 7.26 Å². The van der Waals surface area contributed by atoms with E-state index in [2.05, 4.69) is 24.3 Å². The Hall–Kier alpha value is -3.34. The van der Waals surface area contributed by atoms with Crippen molar-refractivity contribution in [3.63, 3.8) is 0 Å². The molecule has 5 heteroatoms. The quantitative estimate of drug-likeness (QED) is 0.388. The van der Waals surface area contributed by atoms with Gasteiger partial charge in [0, 0.05) is 28.1 Å². The molecule has 3 nitrogen and oxygen atoms in total. The second kappa shape index (κ2) is 4.85. The molecule has 0 amide bonds. The van der Waals surface area contributed by atoms with Gasteiger partial charge in [-0.2, -0.15) is 0 Å². The summed E-state index contributed by atoms with van der Waals surface area (Å²) in [5, 5.41) is 2.06. The fourth-order valence-electron chi connectivity index (χ4n) is 4.08. The van der Waals surface area contributed by atoms with Gasteiger partial charge in [-0.1, -0.05) is 24.3 Å². The van der Waals surface area contributed by atoms with Gasteiger partial charge in [-0.3, -0.25) is 4.32 Å². The van der Waals surface area contributed by atoms with Crippen LogP contribution in [0.25, 0.3) is 16.7 Å². The first-order chi connectivity index (χ1) is 12.8. The average Bonchev–Trinajstić information content (AvgIpc) is 3.40. The lowest BCUT2D eigenvalue weighted by Gasteiger charge is -2.23. The molecule has 0 aliphatic carbocycles. The first kappa shape index (κ1) is 13.9. The van der Waals surface area contributed by atoms with Crippen LogP contribution >= 0.6 is 0 Å². The number of fused-ring (bicyclic) bond motifs is 5. The van der Waals surface area contributed by atoms with Crippen molar-refractivity contribution < 1.29 is 4.32 Å². The minimum absolute atomic E-state index is 0.895. The fraction of sp³-hybridized carbons (Fsp3) is 0. The van der Waals surface area contributed by atoms with Crippen molar-refractivity contribution in [1.82, 2.24) is 8.96 Å². The predicted molar refractivity (Wildman–Crippen MR) is 100 cm³/mol. The van der Waals surface area contributed by atoms with E-state index in [0.717, 1.165) is 44.4 Å². The zero-order valence-corrected chi connectivity index (χ0v) is 13.8. The Balaban J connectivity index is 1.71. The van der Waals surface area contributed by atoms with Gasteiger partial charge in [-0.15, -0.1) is 0 Å². The highest BCUT2D eigenvalue weighted by Gasteiger charge is 2.32. The maximum atomic E-state index is 14.8. The number of halogens is 1. The molecule has 2 aromatic carbocycles. The summed E-state index contributed by atoms with van der Waals surface area (Å²) in [6.07, 6.45) is 3.59. The van der Waals surface area contributed by atoms with E-state index >= 15 is 0 Å². The van der Waals surface area contributed by atoms with Crippen molar-refractivity contribution in [3.05, 3.63) is 101 Å². The third-order valence-corrected chi connectivity index (χ3v) is 5.25. The molecule has 0 unspecified atom stereocenters. The number of aromatic nitrogens is 2. The van der Waals surface area contributed by atoms with Gasteiger partial charge >= 0.3 is 7.26 Å². The third kappa shape index (κ3) is 1.69. The monoisotopic (exact) mass is 337 g/mol. The normalized spacial score (nSPS) is 13.7. The van der Waals surface area contributed by atoms with Crippen molar-refractivity contribution in [3.8, 4) is 11.1 Å². The van der Waals surface area contributed by atoms with Crippen LogP contribution in [0.2, 0.25) is 0 Å². The summed E-state index contributed by atoms with van der Waals surface area (Å²) in [4.78, 5) is 4.70. The SMILES string of the molecule is FB1n2cccc2C(=c2ccc3c(c2)-c2ccccc2N=3)c2cccn21. The Morgan fingerprint density at radius 3 is 2.27 bits per heavy atom. The van der Waals surface area contributed by atoms with E-state index in [9.17, 15) is 4.32 Å². The lowest BCUT2D eigenvalue weighted by Crippen LogP contribution is -2.36. The summed E-state index contributed by atoms with van der Waals surface area (Å²) < 4.78 is 18.2. The zero-order chi connectivity index (χ0) is 17.3. The van der Waals surface area contributed by atoms with E-state index in [1.165, 1.54) is 0 Å². The molecule has 0 atom stereocenters. The lowest BCUT2D eigenvalue weighted by molar-refractivity contribution is 0.735. The molecule has 6 rings (SSSR count). The topological polar surface area (TPSA) is 22.2 Å². The molecule has 4 aromatic rings. The summed E-state index contributed by atoms with van der Waals surface area (Å²) in [5.41, 5.74) is 6.11. The molecule has 0 radical (unpaired) electrons. The fourth-order valence-corrected chi connectivity index (χ4v) is 4.08. The minimum Gasteiger partial charge on any atom is -0.342 e. The third-order valence-electron chi connectivity index (χ3n) is 5.25. The van der Waals surface area contributed by atoms with Crippen molar-refractivity contribution in [1.29, 1.82) is 0 Å². The summed E-state index contributed by atoms with van der Waals surface area (Å²) in [7, 11) is -1.21. The number of rotatable bonds is 0. The molecule has 2 aliphatic heterocycles. The van der Waals surface area contributed by atoms with Gasteiger partial charge in [0.25, 0.3) is 0 Å². The van der Waals surface area contributed by atoms with Crippen LogP contribution in [-0.2, 0) is 0 Å². The van der Waals surface area contributed by atoms with Crippen LogP contribution in [-0.4, -0.2) is 16.2 Å². The number of hydrogen-bond acceptors (Lipinski definition) is 1. The first-order valence-electron chi connectivity index (χ1n) is 8.62. The lowest BCUT2D eigenvalue weighted by atomic mass is 9.92. The standard InChI is InChI=1S/C21H13BFN3/c23-22-25-11-3-7-19(25)21(20-8-4-12-26(20)22)14-9-10-18-16(13-14)15-5-1-2-6-17(15)24-18/h1-13H. The second-order valence-corrected chi connectivity index (χ2v) is 6.65. The van der Waals surface area contributed by atoms with Gasteiger partial charge in [0.15, 0.2) is 0 Å². The van der Waals surface area contributed by atoms with Crippen LogP contribution in [0.3, 0.4) is 0 Å². The van der Waals surface area contributed by atoms with Gasteiger partial charge in [0.2, 0.25) is 0 Å². The van der Waals surface area contributed by atoms with Crippen molar-refractivity contribution in [2.75, 3.05) is 0 Å². The molecule has 26 heavy (non-hydrogen) atoms. The van der Waals surface area contributed by atoms with Crippen LogP contribution in [0.4, 0.5) is 10.0 Å². The maximum absolute atomic E-state index is 14.8. The van der Waals surface area contributed by atoms with Gasteiger partial charge < -0.3 is 8.96 Å². The molecule has 2 aliphatic rings. The van der Waals surface area contributed by atoms with E-state index in [0.29, 0.717) is 0 Å². The molecule has 0 saturated carbocycles. The van der Waals surface area contributed by atoms with Crippen molar-refractivity contribution in [2.45, 2.75) is 0 Å².